The summed E-state index contributed by atoms with van der Waals surface area (Å²) in [5, 5.41) is 0. The number of anilines is 1. The van der Waals surface area contributed by atoms with E-state index >= 15 is 0 Å². The second kappa shape index (κ2) is 8.23. The normalized spacial score (nSPS) is 13.5. The monoisotopic (exact) mass is 426 g/mol. The summed E-state index contributed by atoms with van der Waals surface area (Å²) in [6, 6.07) is 15.7. The van der Waals surface area contributed by atoms with Gasteiger partial charge in [0.1, 0.15) is 11.5 Å². The van der Waals surface area contributed by atoms with Crippen LogP contribution in [0, 0.1) is 6.92 Å². The molecule has 32 heavy (non-hydrogen) atoms. The molecule has 0 saturated heterocycles. The van der Waals surface area contributed by atoms with Gasteiger partial charge in [-0.1, -0.05) is 24.3 Å². The molecular formula is C26H22N2O4. The number of methoxy groups -OCH3 is 1. The molecule has 0 aliphatic carbocycles. The van der Waals surface area contributed by atoms with Crippen LogP contribution in [0.5, 0.6) is 5.75 Å². The molecule has 4 aromatic rings. The molecule has 160 valence electrons. The maximum Gasteiger partial charge on any atom is 0.231 e. The van der Waals surface area contributed by atoms with Crippen LogP contribution in [0.4, 0.5) is 5.69 Å². The Morgan fingerprint density at radius 2 is 1.94 bits per heavy atom. The first-order valence-corrected chi connectivity index (χ1v) is 10.3. The van der Waals surface area contributed by atoms with Gasteiger partial charge in [-0.2, -0.15) is 0 Å². The number of fused-ring (bicyclic) bond motifs is 1. The largest absolute Gasteiger partial charge is 0.497 e. The molecule has 0 spiro atoms. The van der Waals surface area contributed by atoms with Crippen molar-refractivity contribution in [2.45, 2.75) is 19.9 Å². The molecule has 6 nitrogen and oxygen atoms in total. The van der Waals surface area contributed by atoms with Crippen LogP contribution in [0.1, 0.15) is 29.2 Å². The van der Waals surface area contributed by atoms with E-state index in [1.807, 2.05) is 66.4 Å². The van der Waals surface area contributed by atoms with E-state index in [9.17, 15) is 4.79 Å². The average Bonchev–Trinajstić information content (AvgIpc) is 3.47. The number of oxazole rings is 1. The molecule has 1 aliphatic rings. The number of benzene rings is 2. The van der Waals surface area contributed by atoms with Gasteiger partial charge in [-0.15, -0.1) is 0 Å². The summed E-state index contributed by atoms with van der Waals surface area (Å²) in [4.78, 5) is 19.6. The third-order valence-corrected chi connectivity index (χ3v) is 5.54. The van der Waals surface area contributed by atoms with Gasteiger partial charge in [-0.3, -0.25) is 4.79 Å². The standard InChI is InChI=1S/C26H22N2O4/c1-17-14-27-26(32-17)22-11-20-6-5-19(21-9-10-31-16-21)12-24(20)28(25(29)13-22)15-18-3-7-23(30-2)8-4-18/h3-12,14,16H,13,15H2,1-2H3. The fourth-order valence-corrected chi connectivity index (χ4v) is 3.87. The first-order valence-electron chi connectivity index (χ1n) is 10.3. The fourth-order valence-electron chi connectivity index (χ4n) is 3.87. The van der Waals surface area contributed by atoms with Gasteiger partial charge in [-0.25, -0.2) is 4.98 Å². The zero-order chi connectivity index (χ0) is 22.1. The van der Waals surface area contributed by atoms with Gasteiger partial charge in [0.2, 0.25) is 11.8 Å². The van der Waals surface area contributed by atoms with Crippen LogP contribution in [-0.2, 0) is 11.3 Å². The molecule has 0 fully saturated rings. The minimum Gasteiger partial charge on any atom is -0.497 e. The summed E-state index contributed by atoms with van der Waals surface area (Å²) in [5.41, 5.74) is 5.48. The summed E-state index contributed by atoms with van der Waals surface area (Å²) >= 11 is 0. The summed E-state index contributed by atoms with van der Waals surface area (Å²) in [7, 11) is 1.64. The highest BCUT2D eigenvalue weighted by Gasteiger charge is 2.26. The minimum absolute atomic E-state index is 0.0222. The van der Waals surface area contributed by atoms with Gasteiger partial charge in [0.25, 0.3) is 0 Å². The Bertz CT molecular complexity index is 1280. The number of carbonyl (C=O) groups excluding carboxylic acids is 1. The molecule has 1 aliphatic heterocycles. The second-order valence-electron chi connectivity index (χ2n) is 7.74. The van der Waals surface area contributed by atoms with Crippen molar-refractivity contribution < 1.29 is 18.4 Å². The lowest BCUT2D eigenvalue weighted by atomic mass is 10.0. The Labute approximate surface area is 185 Å². The second-order valence-corrected chi connectivity index (χ2v) is 7.74. The number of aryl methyl sites for hydroxylation is 1. The van der Waals surface area contributed by atoms with E-state index in [4.69, 9.17) is 13.6 Å². The topological polar surface area (TPSA) is 68.7 Å². The zero-order valence-electron chi connectivity index (χ0n) is 17.9. The van der Waals surface area contributed by atoms with Crippen molar-refractivity contribution in [3.8, 4) is 16.9 Å². The van der Waals surface area contributed by atoms with Crippen LogP contribution in [0.2, 0.25) is 0 Å². The molecule has 0 saturated carbocycles. The minimum atomic E-state index is -0.0222. The molecule has 2 aromatic heterocycles. The van der Waals surface area contributed by atoms with E-state index in [2.05, 4.69) is 4.98 Å². The molecule has 0 atom stereocenters. The Hall–Kier alpha value is -4.06. The lowest BCUT2D eigenvalue weighted by Crippen LogP contribution is -2.30. The van der Waals surface area contributed by atoms with Gasteiger partial charge in [0.15, 0.2) is 0 Å². The Balaban J connectivity index is 1.59. The van der Waals surface area contributed by atoms with Crippen molar-refractivity contribution in [3.63, 3.8) is 0 Å². The summed E-state index contributed by atoms with van der Waals surface area (Å²) in [6.07, 6.45) is 7.20. The molecule has 5 rings (SSSR count). The highest BCUT2D eigenvalue weighted by atomic mass is 16.5. The number of furan rings is 1. The van der Waals surface area contributed by atoms with Crippen LogP contribution in [0.3, 0.4) is 0 Å². The van der Waals surface area contributed by atoms with Crippen molar-refractivity contribution in [1.82, 2.24) is 4.98 Å². The predicted molar refractivity (Wildman–Crippen MR) is 122 cm³/mol. The number of ether oxygens (including phenoxy) is 1. The van der Waals surface area contributed by atoms with Crippen molar-refractivity contribution in [1.29, 1.82) is 0 Å². The van der Waals surface area contributed by atoms with Crippen molar-refractivity contribution in [2.24, 2.45) is 0 Å². The molecule has 0 bridgehead atoms. The van der Waals surface area contributed by atoms with E-state index in [0.29, 0.717) is 18.2 Å². The smallest absolute Gasteiger partial charge is 0.231 e. The summed E-state index contributed by atoms with van der Waals surface area (Å²) in [5.74, 6) is 1.95. The van der Waals surface area contributed by atoms with Crippen LogP contribution in [0.25, 0.3) is 22.8 Å². The Morgan fingerprint density at radius 3 is 2.62 bits per heavy atom. The summed E-state index contributed by atoms with van der Waals surface area (Å²) in [6.45, 7) is 2.28. The van der Waals surface area contributed by atoms with E-state index < -0.39 is 0 Å². The zero-order valence-corrected chi connectivity index (χ0v) is 17.9. The number of hydrogen-bond acceptors (Lipinski definition) is 5. The van der Waals surface area contributed by atoms with Gasteiger partial charge in [0.05, 0.1) is 44.5 Å². The third-order valence-electron chi connectivity index (χ3n) is 5.54. The SMILES string of the molecule is COc1ccc(CN2C(=O)CC(c3ncc(C)o3)=Cc3ccc(-c4ccoc4)cc32)cc1. The van der Waals surface area contributed by atoms with E-state index in [0.717, 1.165) is 39.3 Å². The van der Waals surface area contributed by atoms with Crippen LogP contribution >= 0.6 is 0 Å². The van der Waals surface area contributed by atoms with Crippen LogP contribution in [-0.4, -0.2) is 18.0 Å². The van der Waals surface area contributed by atoms with E-state index in [1.165, 1.54) is 0 Å². The number of hydrogen-bond donors (Lipinski definition) is 0. The number of carbonyl (C=O) groups is 1. The first-order chi connectivity index (χ1) is 15.6. The molecule has 0 unspecified atom stereocenters. The highest BCUT2D eigenvalue weighted by molar-refractivity contribution is 6.06. The molecular weight excluding hydrogens is 404 g/mol. The molecule has 3 heterocycles. The maximum absolute atomic E-state index is 13.5. The lowest BCUT2D eigenvalue weighted by Gasteiger charge is -2.24. The third kappa shape index (κ3) is 3.83. The van der Waals surface area contributed by atoms with Crippen molar-refractivity contribution in [2.75, 3.05) is 12.0 Å². The molecule has 0 N–H and O–H groups in total. The van der Waals surface area contributed by atoms with Gasteiger partial charge < -0.3 is 18.5 Å². The first kappa shape index (κ1) is 19.9. The number of amides is 1. The Morgan fingerprint density at radius 1 is 1.09 bits per heavy atom. The molecule has 2 aromatic carbocycles. The molecule has 0 radical (unpaired) electrons. The number of nitrogens with zero attached hydrogens (tertiary/aromatic N) is 2. The Kier molecular flexibility index (Phi) is 5.11. The molecule has 6 heteroatoms. The van der Waals surface area contributed by atoms with Gasteiger partial charge in [-0.05, 0) is 54.0 Å². The van der Waals surface area contributed by atoms with Crippen LogP contribution in [0.15, 0.2) is 76.1 Å². The van der Waals surface area contributed by atoms with E-state index in [-0.39, 0.29) is 12.3 Å². The van der Waals surface area contributed by atoms with Gasteiger partial charge in [0, 0.05) is 11.1 Å². The van der Waals surface area contributed by atoms with E-state index in [1.54, 1.807) is 25.8 Å². The highest BCUT2D eigenvalue weighted by Crippen LogP contribution is 2.36. The average molecular weight is 426 g/mol. The molecule has 1 amide bonds. The lowest BCUT2D eigenvalue weighted by molar-refractivity contribution is -0.117. The van der Waals surface area contributed by atoms with Gasteiger partial charge >= 0.3 is 0 Å². The number of aromatic nitrogens is 1. The van der Waals surface area contributed by atoms with Crippen LogP contribution < -0.4 is 9.64 Å². The fraction of sp³-hybridized carbons (Fsp3) is 0.154. The number of rotatable bonds is 5. The van der Waals surface area contributed by atoms with Crippen molar-refractivity contribution >= 4 is 23.2 Å². The maximum atomic E-state index is 13.5. The quantitative estimate of drug-likeness (QED) is 0.408. The summed E-state index contributed by atoms with van der Waals surface area (Å²) < 4.78 is 16.2. The van der Waals surface area contributed by atoms with Crippen molar-refractivity contribution in [3.05, 3.63) is 90.0 Å². The predicted octanol–water partition coefficient (Wildman–Crippen LogP) is 5.73.